The lowest BCUT2D eigenvalue weighted by molar-refractivity contribution is 0.162. The molecule has 0 saturated heterocycles. The smallest absolute Gasteiger partial charge is 0.0708 e. The second-order valence-corrected chi connectivity index (χ2v) is 4.77. The third-order valence-corrected chi connectivity index (χ3v) is 3.11. The second kappa shape index (κ2) is 4.14. The van der Waals surface area contributed by atoms with Gasteiger partial charge in [0.05, 0.1) is 11.5 Å². The fraction of sp³-hybridized carbons (Fsp3) is 0.750. The molecule has 0 fully saturated rings. The van der Waals surface area contributed by atoms with E-state index in [1.807, 2.05) is 13.8 Å². The van der Waals surface area contributed by atoms with E-state index >= 15 is 0 Å². The maximum absolute atomic E-state index is 9.08. The highest BCUT2D eigenvalue weighted by Crippen LogP contribution is 2.29. The highest BCUT2D eigenvalue weighted by Gasteiger charge is 2.33. The molecule has 0 aliphatic carbocycles. The van der Waals surface area contributed by atoms with E-state index in [-0.39, 0.29) is 11.5 Å². The van der Waals surface area contributed by atoms with Crippen molar-refractivity contribution in [2.45, 2.75) is 33.2 Å². The van der Waals surface area contributed by atoms with Crippen LogP contribution in [0.15, 0.2) is 12.2 Å². The van der Waals surface area contributed by atoms with Crippen molar-refractivity contribution in [2.24, 2.45) is 11.3 Å². The molecule has 1 rings (SSSR count). The van der Waals surface area contributed by atoms with Crippen LogP contribution in [0.5, 0.6) is 0 Å². The van der Waals surface area contributed by atoms with E-state index in [4.69, 9.17) is 5.26 Å². The molecule has 0 aromatic carbocycles. The zero-order valence-electron chi connectivity index (χ0n) is 9.62. The number of hydrogen-bond donors (Lipinski definition) is 0. The summed E-state index contributed by atoms with van der Waals surface area (Å²) in [6.07, 6.45) is 5.64. The molecule has 2 nitrogen and oxygen atoms in total. The molecule has 14 heavy (non-hydrogen) atoms. The third kappa shape index (κ3) is 2.16. The summed E-state index contributed by atoms with van der Waals surface area (Å²) in [4.78, 5) is 2.29. The molecule has 0 radical (unpaired) electrons. The van der Waals surface area contributed by atoms with Gasteiger partial charge in [0.25, 0.3) is 0 Å². The molecule has 0 aromatic rings. The molecular weight excluding hydrogens is 172 g/mol. The van der Waals surface area contributed by atoms with Crippen molar-refractivity contribution in [1.29, 1.82) is 5.26 Å². The predicted octanol–water partition coefficient (Wildman–Crippen LogP) is 2.43. The van der Waals surface area contributed by atoms with Gasteiger partial charge < -0.3 is 0 Å². The van der Waals surface area contributed by atoms with Gasteiger partial charge in [-0.1, -0.05) is 19.1 Å². The van der Waals surface area contributed by atoms with Crippen molar-refractivity contribution in [2.75, 3.05) is 13.6 Å². The minimum Gasteiger partial charge on any atom is -0.298 e. The molecule has 0 aromatic heterocycles. The first-order valence-corrected chi connectivity index (χ1v) is 5.31. The average Bonchev–Trinajstić information content (AvgIpc) is 2.17. The Labute approximate surface area is 87.2 Å². The van der Waals surface area contributed by atoms with E-state index in [2.05, 4.69) is 37.1 Å². The minimum absolute atomic E-state index is 0.260. The molecule has 0 N–H and O–H groups in total. The number of likely N-dealkylation sites (N-methyl/N-ethyl adjacent to an activating group) is 1. The van der Waals surface area contributed by atoms with Crippen LogP contribution in [0.4, 0.5) is 0 Å². The summed E-state index contributed by atoms with van der Waals surface area (Å²) in [5.41, 5.74) is -0.288. The fourth-order valence-corrected chi connectivity index (χ4v) is 2.08. The molecule has 2 heteroatoms. The Morgan fingerprint density at radius 3 is 2.57 bits per heavy atom. The Balaban J connectivity index is 2.79. The zero-order chi connectivity index (χ0) is 10.8. The SMILES string of the molecule is CCC1C=CC(C(C)(C)C#N)N(C)C1. The van der Waals surface area contributed by atoms with Gasteiger partial charge in [0.1, 0.15) is 0 Å². The molecule has 0 saturated carbocycles. The van der Waals surface area contributed by atoms with Crippen LogP contribution in [0, 0.1) is 22.7 Å². The largest absolute Gasteiger partial charge is 0.298 e. The van der Waals surface area contributed by atoms with Crippen LogP contribution < -0.4 is 0 Å². The number of nitrogens with zero attached hydrogens (tertiary/aromatic N) is 2. The van der Waals surface area contributed by atoms with Crippen molar-refractivity contribution in [3.63, 3.8) is 0 Å². The predicted molar refractivity (Wildman–Crippen MR) is 58.7 cm³/mol. The maximum Gasteiger partial charge on any atom is 0.0708 e. The lowest BCUT2D eigenvalue weighted by atomic mass is 9.82. The Kier molecular flexibility index (Phi) is 3.34. The summed E-state index contributed by atoms with van der Waals surface area (Å²) in [6, 6.07) is 2.64. The van der Waals surface area contributed by atoms with E-state index in [1.165, 1.54) is 6.42 Å². The molecule has 1 aliphatic rings. The number of hydrogen-bond acceptors (Lipinski definition) is 2. The first-order chi connectivity index (χ1) is 6.51. The topological polar surface area (TPSA) is 27.0 Å². The first-order valence-electron chi connectivity index (χ1n) is 5.31. The van der Waals surface area contributed by atoms with Gasteiger partial charge in [-0.15, -0.1) is 0 Å². The maximum atomic E-state index is 9.08. The van der Waals surface area contributed by atoms with Gasteiger partial charge in [0.15, 0.2) is 0 Å². The van der Waals surface area contributed by atoms with Gasteiger partial charge in [-0.05, 0) is 33.2 Å². The van der Waals surface area contributed by atoms with Crippen molar-refractivity contribution in [1.82, 2.24) is 4.90 Å². The summed E-state index contributed by atoms with van der Waals surface area (Å²) < 4.78 is 0. The minimum atomic E-state index is -0.288. The number of rotatable bonds is 2. The first kappa shape index (κ1) is 11.3. The van der Waals surface area contributed by atoms with Crippen LogP contribution >= 0.6 is 0 Å². The molecule has 1 aliphatic heterocycles. The summed E-state index contributed by atoms with van der Waals surface area (Å²) in [5.74, 6) is 0.658. The Morgan fingerprint density at radius 2 is 2.14 bits per heavy atom. The van der Waals surface area contributed by atoms with Crippen molar-refractivity contribution in [3.8, 4) is 6.07 Å². The van der Waals surface area contributed by atoms with E-state index in [0.29, 0.717) is 5.92 Å². The molecular formula is C12H20N2. The van der Waals surface area contributed by atoms with Crippen LogP contribution in [-0.2, 0) is 0 Å². The molecule has 1 heterocycles. The van der Waals surface area contributed by atoms with Crippen LogP contribution in [0.1, 0.15) is 27.2 Å². The monoisotopic (exact) mass is 192 g/mol. The van der Waals surface area contributed by atoms with Crippen molar-refractivity contribution in [3.05, 3.63) is 12.2 Å². The summed E-state index contributed by atoms with van der Waals surface area (Å²) in [7, 11) is 2.11. The average molecular weight is 192 g/mol. The van der Waals surface area contributed by atoms with Gasteiger partial charge in [-0.2, -0.15) is 5.26 Å². The lowest BCUT2D eigenvalue weighted by Gasteiger charge is -2.38. The number of nitriles is 1. The Morgan fingerprint density at radius 1 is 1.50 bits per heavy atom. The molecule has 0 spiro atoms. The standard InChI is InChI=1S/C12H20N2/c1-5-10-6-7-11(14(4)8-10)12(2,3)9-13/h6-7,10-11H,5,8H2,1-4H3. The van der Waals surface area contributed by atoms with Crippen molar-refractivity contribution >= 4 is 0 Å². The van der Waals surface area contributed by atoms with Crippen LogP contribution in [-0.4, -0.2) is 24.5 Å². The van der Waals surface area contributed by atoms with Gasteiger partial charge in [-0.25, -0.2) is 0 Å². The van der Waals surface area contributed by atoms with E-state index < -0.39 is 0 Å². The van der Waals surface area contributed by atoms with Gasteiger partial charge in [-0.3, -0.25) is 4.90 Å². The van der Waals surface area contributed by atoms with E-state index in [9.17, 15) is 0 Å². The highest BCUT2D eigenvalue weighted by molar-refractivity contribution is 5.13. The Hall–Kier alpha value is -0.810. The molecule has 2 atom stereocenters. The van der Waals surface area contributed by atoms with Crippen LogP contribution in [0.3, 0.4) is 0 Å². The van der Waals surface area contributed by atoms with Gasteiger partial charge in [0, 0.05) is 12.6 Å². The van der Waals surface area contributed by atoms with Crippen LogP contribution in [0.2, 0.25) is 0 Å². The van der Waals surface area contributed by atoms with Gasteiger partial charge in [0.2, 0.25) is 0 Å². The van der Waals surface area contributed by atoms with E-state index in [1.54, 1.807) is 0 Å². The molecule has 0 amide bonds. The summed E-state index contributed by atoms with van der Waals surface area (Å²) in [6.45, 7) is 7.29. The Bertz CT molecular complexity index is 260. The van der Waals surface area contributed by atoms with Gasteiger partial charge >= 0.3 is 0 Å². The quantitative estimate of drug-likeness (QED) is 0.628. The summed E-state index contributed by atoms with van der Waals surface area (Å²) in [5, 5.41) is 9.08. The lowest BCUT2D eigenvalue weighted by Crippen LogP contribution is -2.45. The molecule has 78 valence electrons. The highest BCUT2D eigenvalue weighted by atomic mass is 15.1. The van der Waals surface area contributed by atoms with E-state index in [0.717, 1.165) is 6.54 Å². The fourth-order valence-electron chi connectivity index (χ4n) is 2.08. The molecule has 0 bridgehead atoms. The van der Waals surface area contributed by atoms with Crippen molar-refractivity contribution < 1.29 is 0 Å². The summed E-state index contributed by atoms with van der Waals surface area (Å²) >= 11 is 0. The zero-order valence-corrected chi connectivity index (χ0v) is 9.62. The second-order valence-electron chi connectivity index (χ2n) is 4.77. The normalized spacial score (nSPS) is 28.8. The van der Waals surface area contributed by atoms with Crippen LogP contribution in [0.25, 0.3) is 0 Å². The molecule has 2 unspecified atom stereocenters. The third-order valence-electron chi connectivity index (χ3n) is 3.11.